The molecule has 0 bridgehead atoms. The Kier molecular flexibility index (Phi) is 5.59. The standard InChI is InChI=1S/C19H24F2N2O3/c1-11-7-8-12(2)23(11)13-9-14(25-6)16(15(10-13)26-18(20)21)17(24)22-19(3,4)5/h7-10,18H,1-6H3,(H,22,24). The van der Waals surface area contributed by atoms with E-state index in [1.54, 1.807) is 26.8 Å². The zero-order chi connectivity index (χ0) is 19.6. The van der Waals surface area contributed by atoms with E-state index in [1.807, 2.05) is 30.5 Å². The van der Waals surface area contributed by atoms with Gasteiger partial charge in [0.1, 0.15) is 17.1 Å². The van der Waals surface area contributed by atoms with Gasteiger partial charge in [-0.15, -0.1) is 0 Å². The molecule has 0 saturated heterocycles. The summed E-state index contributed by atoms with van der Waals surface area (Å²) in [7, 11) is 1.38. The number of benzene rings is 1. The molecule has 5 nitrogen and oxygen atoms in total. The molecule has 142 valence electrons. The van der Waals surface area contributed by atoms with Crippen molar-refractivity contribution in [3.8, 4) is 17.2 Å². The van der Waals surface area contributed by atoms with E-state index in [1.165, 1.54) is 13.2 Å². The van der Waals surface area contributed by atoms with E-state index in [2.05, 4.69) is 10.1 Å². The molecule has 0 atom stereocenters. The molecule has 1 N–H and O–H groups in total. The van der Waals surface area contributed by atoms with Gasteiger partial charge in [0.2, 0.25) is 0 Å². The SMILES string of the molecule is COc1cc(-n2c(C)ccc2C)cc(OC(F)F)c1C(=O)NC(C)(C)C. The fourth-order valence-corrected chi connectivity index (χ4v) is 2.76. The summed E-state index contributed by atoms with van der Waals surface area (Å²) < 4.78 is 37.8. The van der Waals surface area contributed by atoms with Crippen molar-refractivity contribution in [1.29, 1.82) is 0 Å². The molecule has 1 aromatic heterocycles. The van der Waals surface area contributed by atoms with Crippen molar-refractivity contribution in [2.45, 2.75) is 46.8 Å². The predicted octanol–water partition coefficient (Wildman–Crippen LogP) is 4.23. The number of aryl methyl sites for hydroxylation is 2. The van der Waals surface area contributed by atoms with Crippen LogP contribution >= 0.6 is 0 Å². The van der Waals surface area contributed by atoms with Crippen LogP contribution in [0, 0.1) is 13.8 Å². The first kappa shape index (κ1) is 19.8. The molecule has 1 amide bonds. The van der Waals surface area contributed by atoms with Crippen LogP contribution in [-0.2, 0) is 0 Å². The second-order valence-corrected chi connectivity index (χ2v) is 7.06. The highest BCUT2D eigenvalue weighted by atomic mass is 19.3. The van der Waals surface area contributed by atoms with Crippen LogP contribution in [0.3, 0.4) is 0 Å². The number of nitrogens with zero attached hydrogens (tertiary/aromatic N) is 1. The Morgan fingerprint density at radius 1 is 1.12 bits per heavy atom. The average molecular weight is 366 g/mol. The van der Waals surface area contributed by atoms with Gasteiger partial charge in [-0.05, 0) is 46.8 Å². The van der Waals surface area contributed by atoms with E-state index in [9.17, 15) is 13.6 Å². The van der Waals surface area contributed by atoms with Gasteiger partial charge in [0, 0.05) is 29.1 Å². The first-order chi connectivity index (χ1) is 12.0. The van der Waals surface area contributed by atoms with Crippen molar-refractivity contribution in [1.82, 2.24) is 9.88 Å². The van der Waals surface area contributed by atoms with Gasteiger partial charge in [-0.3, -0.25) is 4.79 Å². The second-order valence-electron chi connectivity index (χ2n) is 7.06. The number of ether oxygens (including phenoxy) is 2. The topological polar surface area (TPSA) is 52.5 Å². The van der Waals surface area contributed by atoms with Gasteiger partial charge in [-0.2, -0.15) is 8.78 Å². The normalized spacial score (nSPS) is 11.6. The molecular weight excluding hydrogens is 342 g/mol. The highest BCUT2D eigenvalue weighted by Gasteiger charge is 2.26. The quantitative estimate of drug-likeness (QED) is 0.861. The monoisotopic (exact) mass is 366 g/mol. The van der Waals surface area contributed by atoms with Gasteiger partial charge in [0.15, 0.2) is 0 Å². The van der Waals surface area contributed by atoms with Crippen LogP contribution in [0.1, 0.15) is 42.5 Å². The van der Waals surface area contributed by atoms with Gasteiger partial charge < -0.3 is 19.4 Å². The number of hydrogen-bond acceptors (Lipinski definition) is 3. The summed E-state index contributed by atoms with van der Waals surface area (Å²) in [5, 5.41) is 2.75. The Labute approximate surface area is 151 Å². The van der Waals surface area contributed by atoms with E-state index in [0.717, 1.165) is 11.4 Å². The lowest BCUT2D eigenvalue weighted by Crippen LogP contribution is -2.41. The van der Waals surface area contributed by atoms with E-state index >= 15 is 0 Å². The van der Waals surface area contributed by atoms with Crippen LogP contribution < -0.4 is 14.8 Å². The minimum atomic E-state index is -3.07. The Bertz CT molecular complexity index is 788. The smallest absolute Gasteiger partial charge is 0.387 e. The van der Waals surface area contributed by atoms with Gasteiger partial charge in [0.05, 0.1) is 12.8 Å². The molecule has 1 heterocycles. The maximum absolute atomic E-state index is 13.0. The Morgan fingerprint density at radius 2 is 1.65 bits per heavy atom. The minimum absolute atomic E-state index is 0.0612. The lowest BCUT2D eigenvalue weighted by molar-refractivity contribution is -0.0502. The molecule has 0 unspecified atom stereocenters. The van der Waals surface area contributed by atoms with Gasteiger partial charge >= 0.3 is 6.61 Å². The lowest BCUT2D eigenvalue weighted by atomic mass is 10.1. The molecular formula is C19H24F2N2O3. The number of rotatable bonds is 5. The summed E-state index contributed by atoms with van der Waals surface area (Å²) in [6.07, 6.45) is 0. The highest BCUT2D eigenvalue weighted by Crippen LogP contribution is 2.34. The molecule has 0 radical (unpaired) electrons. The number of halogens is 2. The summed E-state index contributed by atoms with van der Waals surface area (Å²) >= 11 is 0. The van der Waals surface area contributed by atoms with Crippen LogP contribution in [0.5, 0.6) is 11.5 Å². The molecule has 0 saturated carbocycles. The van der Waals surface area contributed by atoms with Crippen molar-refractivity contribution < 1.29 is 23.0 Å². The molecule has 1 aromatic carbocycles. The molecule has 7 heteroatoms. The predicted molar refractivity (Wildman–Crippen MR) is 95.6 cm³/mol. The third-order valence-corrected chi connectivity index (χ3v) is 3.73. The summed E-state index contributed by atoms with van der Waals surface area (Å²) in [6, 6.07) is 6.88. The fourth-order valence-electron chi connectivity index (χ4n) is 2.76. The summed E-state index contributed by atoms with van der Waals surface area (Å²) in [5.74, 6) is -0.617. The van der Waals surface area contributed by atoms with E-state index in [0.29, 0.717) is 5.69 Å². The van der Waals surface area contributed by atoms with Crippen molar-refractivity contribution in [3.05, 3.63) is 41.2 Å². The largest absolute Gasteiger partial charge is 0.496 e. The Hall–Kier alpha value is -2.57. The summed E-state index contributed by atoms with van der Waals surface area (Å²) in [4.78, 5) is 12.7. The zero-order valence-electron chi connectivity index (χ0n) is 15.8. The highest BCUT2D eigenvalue weighted by molar-refractivity contribution is 6.00. The van der Waals surface area contributed by atoms with E-state index in [4.69, 9.17) is 4.74 Å². The number of aromatic nitrogens is 1. The second kappa shape index (κ2) is 7.35. The lowest BCUT2D eigenvalue weighted by Gasteiger charge is -2.23. The van der Waals surface area contributed by atoms with Gasteiger partial charge in [-0.25, -0.2) is 0 Å². The van der Waals surface area contributed by atoms with Crippen molar-refractivity contribution in [3.63, 3.8) is 0 Å². The number of hydrogen-bond donors (Lipinski definition) is 1. The molecule has 2 rings (SSSR count). The minimum Gasteiger partial charge on any atom is -0.496 e. The maximum atomic E-state index is 13.0. The Balaban J connectivity index is 2.66. The van der Waals surface area contributed by atoms with E-state index < -0.39 is 18.1 Å². The number of alkyl halides is 2. The maximum Gasteiger partial charge on any atom is 0.387 e. The first-order valence-corrected chi connectivity index (χ1v) is 8.18. The van der Waals surface area contributed by atoms with Crippen LogP contribution in [0.2, 0.25) is 0 Å². The molecule has 0 aliphatic carbocycles. The van der Waals surface area contributed by atoms with Crippen LogP contribution in [0.4, 0.5) is 8.78 Å². The van der Waals surface area contributed by atoms with E-state index in [-0.39, 0.29) is 17.1 Å². The van der Waals surface area contributed by atoms with Crippen LogP contribution in [0.25, 0.3) is 5.69 Å². The van der Waals surface area contributed by atoms with Gasteiger partial charge in [0.25, 0.3) is 5.91 Å². The van der Waals surface area contributed by atoms with Crippen molar-refractivity contribution in [2.75, 3.05) is 7.11 Å². The first-order valence-electron chi connectivity index (χ1n) is 8.18. The Morgan fingerprint density at radius 3 is 2.12 bits per heavy atom. The van der Waals surface area contributed by atoms with Crippen molar-refractivity contribution in [2.24, 2.45) is 0 Å². The average Bonchev–Trinajstić information content (AvgIpc) is 2.82. The van der Waals surface area contributed by atoms with Crippen LogP contribution in [0.15, 0.2) is 24.3 Å². The number of carbonyl (C=O) groups is 1. The molecule has 0 fully saturated rings. The number of methoxy groups -OCH3 is 1. The third-order valence-electron chi connectivity index (χ3n) is 3.73. The van der Waals surface area contributed by atoms with Crippen LogP contribution in [-0.4, -0.2) is 29.7 Å². The molecule has 0 spiro atoms. The molecule has 26 heavy (non-hydrogen) atoms. The number of amides is 1. The molecule has 2 aromatic rings. The van der Waals surface area contributed by atoms with Crippen molar-refractivity contribution >= 4 is 5.91 Å². The number of carbonyl (C=O) groups excluding carboxylic acids is 1. The molecule has 0 aliphatic rings. The fraction of sp³-hybridized carbons (Fsp3) is 0.421. The third kappa shape index (κ3) is 4.33. The summed E-state index contributed by atoms with van der Waals surface area (Å²) in [6.45, 7) is 6.12. The number of nitrogens with one attached hydrogen (secondary N) is 1. The summed E-state index contributed by atoms with van der Waals surface area (Å²) in [5.41, 5.74) is 1.80. The zero-order valence-corrected chi connectivity index (χ0v) is 15.8. The van der Waals surface area contributed by atoms with Gasteiger partial charge in [-0.1, -0.05) is 0 Å². The molecule has 0 aliphatic heterocycles.